The SMILES string of the molecule is COc1cc2c(cc1NCCCCNCc1cc(CNCCCCNc3cc4oc5ccccc5c4cc3OC)cc(CNCCCCNc3cc4oc5ccccc5c4cc3OC)c1)oc1ccccc12. The highest BCUT2D eigenvalue weighted by molar-refractivity contribution is 6.08. The van der Waals surface area contributed by atoms with Gasteiger partial charge in [-0.05, 0) is 111 Å². The van der Waals surface area contributed by atoms with Crippen molar-refractivity contribution < 1.29 is 27.5 Å². The second-order valence-electron chi connectivity index (χ2n) is 18.5. The van der Waals surface area contributed by atoms with Crippen LogP contribution < -0.4 is 46.1 Å². The zero-order chi connectivity index (χ0) is 49.1. The van der Waals surface area contributed by atoms with Crippen molar-refractivity contribution in [2.24, 2.45) is 0 Å². The Kier molecular flexibility index (Phi) is 15.6. The lowest BCUT2D eigenvalue weighted by Crippen LogP contribution is -2.19. The largest absolute Gasteiger partial charge is 0.495 e. The van der Waals surface area contributed by atoms with Gasteiger partial charge in [-0.3, -0.25) is 0 Å². The van der Waals surface area contributed by atoms with E-state index in [1.165, 1.54) is 16.7 Å². The summed E-state index contributed by atoms with van der Waals surface area (Å²) in [5, 5.41) is 28.4. The molecule has 10 rings (SSSR count). The molecule has 12 nitrogen and oxygen atoms in total. The zero-order valence-corrected chi connectivity index (χ0v) is 41.7. The van der Waals surface area contributed by atoms with Crippen molar-refractivity contribution in [3.05, 3.63) is 144 Å². The number of nitrogens with one attached hydrogen (secondary N) is 6. The number of anilines is 3. The second kappa shape index (κ2) is 23.2. The van der Waals surface area contributed by atoms with E-state index >= 15 is 0 Å². The molecule has 12 heteroatoms. The predicted molar refractivity (Wildman–Crippen MR) is 296 cm³/mol. The minimum Gasteiger partial charge on any atom is -0.495 e. The molecule has 0 aliphatic heterocycles. The molecule has 10 aromatic rings. The first-order valence-electron chi connectivity index (χ1n) is 25.5. The highest BCUT2D eigenvalue weighted by atomic mass is 16.5. The van der Waals surface area contributed by atoms with Crippen molar-refractivity contribution in [2.75, 3.05) is 76.5 Å². The Morgan fingerprint density at radius 3 is 0.917 bits per heavy atom. The second-order valence-corrected chi connectivity index (χ2v) is 18.5. The van der Waals surface area contributed by atoms with E-state index in [4.69, 9.17) is 27.5 Å². The quantitative estimate of drug-likeness (QED) is 0.0274. The van der Waals surface area contributed by atoms with Crippen LogP contribution in [0.2, 0.25) is 0 Å². The van der Waals surface area contributed by atoms with Gasteiger partial charge in [-0.15, -0.1) is 0 Å². The molecule has 3 heterocycles. The van der Waals surface area contributed by atoms with Gasteiger partial charge in [0.2, 0.25) is 0 Å². The van der Waals surface area contributed by atoms with Gasteiger partial charge in [0.15, 0.2) is 0 Å². The number of furan rings is 3. The van der Waals surface area contributed by atoms with Crippen LogP contribution in [-0.4, -0.2) is 60.6 Å². The fourth-order valence-corrected chi connectivity index (χ4v) is 9.81. The minimum atomic E-state index is 0.814. The Balaban J connectivity index is 0.691. The molecule has 372 valence electrons. The third kappa shape index (κ3) is 11.2. The lowest BCUT2D eigenvalue weighted by Gasteiger charge is -2.14. The van der Waals surface area contributed by atoms with Crippen molar-refractivity contribution in [1.82, 2.24) is 16.0 Å². The molecule has 0 unspecified atom stereocenters. The molecule has 0 radical (unpaired) electrons. The van der Waals surface area contributed by atoms with Crippen LogP contribution in [0.5, 0.6) is 17.2 Å². The van der Waals surface area contributed by atoms with Crippen molar-refractivity contribution >= 4 is 82.9 Å². The number of unbranched alkanes of at least 4 members (excludes halogenated alkanes) is 3. The highest BCUT2D eigenvalue weighted by Crippen LogP contribution is 2.39. The third-order valence-corrected chi connectivity index (χ3v) is 13.5. The van der Waals surface area contributed by atoms with Gasteiger partial charge in [0.25, 0.3) is 0 Å². The Morgan fingerprint density at radius 1 is 0.319 bits per heavy atom. The lowest BCUT2D eigenvalue weighted by molar-refractivity contribution is 0.417. The smallest absolute Gasteiger partial charge is 0.142 e. The van der Waals surface area contributed by atoms with Gasteiger partial charge in [0, 0.05) is 89.8 Å². The van der Waals surface area contributed by atoms with Crippen LogP contribution in [0.1, 0.15) is 55.2 Å². The van der Waals surface area contributed by atoms with Crippen molar-refractivity contribution in [3.8, 4) is 17.2 Å². The van der Waals surface area contributed by atoms with Gasteiger partial charge in [0.05, 0.1) is 38.4 Å². The molecule has 7 aromatic carbocycles. The number of methoxy groups -OCH3 is 3. The summed E-state index contributed by atoms with van der Waals surface area (Å²) >= 11 is 0. The maximum absolute atomic E-state index is 6.14. The Bertz CT molecular complexity index is 3040. The van der Waals surface area contributed by atoms with Gasteiger partial charge in [-0.1, -0.05) is 72.8 Å². The molecule has 0 bridgehead atoms. The van der Waals surface area contributed by atoms with Gasteiger partial charge in [-0.2, -0.15) is 0 Å². The first-order valence-corrected chi connectivity index (χ1v) is 25.5. The van der Waals surface area contributed by atoms with Crippen LogP contribution in [0.4, 0.5) is 17.1 Å². The van der Waals surface area contributed by atoms with Crippen LogP contribution in [0.15, 0.2) is 141 Å². The summed E-state index contributed by atoms with van der Waals surface area (Å²) in [6.45, 7) is 7.74. The highest BCUT2D eigenvalue weighted by Gasteiger charge is 2.15. The van der Waals surface area contributed by atoms with E-state index in [1.54, 1.807) is 21.3 Å². The summed E-state index contributed by atoms with van der Waals surface area (Å²) < 4.78 is 35.7. The first-order chi connectivity index (χ1) is 35.5. The van der Waals surface area contributed by atoms with E-state index in [-0.39, 0.29) is 0 Å². The fraction of sp³-hybridized carbons (Fsp3) is 0.300. The molecule has 0 aliphatic rings. The van der Waals surface area contributed by atoms with Crippen LogP contribution in [0.25, 0.3) is 65.8 Å². The molecule has 6 N–H and O–H groups in total. The van der Waals surface area contributed by atoms with Gasteiger partial charge in [-0.25, -0.2) is 0 Å². The topological polar surface area (TPSA) is 139 Å². The third-order valence-electron chi connectivity index (χ3n) is 13.5. The van der Waals surface area contributed by atoms with Crippen molar-refractivity contribution in [1.29, 1.82) is 0 Å². The molecule has 0 amide bonds. The van der Waals surface area contributed by atoms with E-state index in [0.29, 0.717) is 0 Å². The summed E-state index contributed by atoms with van der Waals surface area (Å²) in [7, 11) is 5.16. The molecule has 72 heavy (non-hydrogen) atoms. The monoisotopic (exact) mass is 967 g/mol. The predicted octanol–water partition coefficient (Wildman–Crippen LogP) is 13.4. The lowest BCUT2D eigenvalue weighted by atomic mass is 10.0. The van der Waals surface area contributed by atoms with Crippen LogP contribution in [0.3, 0.4) is 0 Å². The van der Waals surface area contributed by atoms with Crippen molar-refractivity contribution in [2.45, 2.75) is 58.2 Å². The summed E-state index contributed by atoms with van der Waals surface area (Å²) in [5.41, 5.74) is 12.0. The molecule has 0 saturated heterocycles. The molecule has 0 atom stereocenters. The first kappa shape index (κ1) is 48.3. The minimum absolute atomic E-state index is 0.814. The molecular weight excluding hydrogens is 901 g/mol. The summed E-state index contributed by atoms with van der Waals surface area (Å²) in [6.07, 6.45) is 6.20. The molecule has 0 aliphatic carbocycles. The van der Waals surface area contributed by atoms with E-state index < -0.39 is 0 Å². The van der Waals surface area contributed by atoms with E-state index in [0.717, 1.165) is 198 Å². The number of fused-ring (bicyclic) bond motifs is 9. The van der Waals surface area contributed by atoms with Gasteiger partial charge in [0.1, 0.15) is 50.7 Å². The molecule has 0 saturated carbocycles. The van der Waals surface area contributed by atoms with Crippen LogP contribution >= 0.6 is 0 Å². The zero-order valence-electron chi connectivity index (χ0n) is 41.7. The van der Waals surface area contributed by atoms with Gasteiger partial charge >= 0.3 is 0 Å². The number of rotatable bonds is 27. The summed E-state index contributed by atoms with van der Waals surface area (Å²) in [4.78, 5) is 0. The van der Waals surface area contributed by atoms with E-state index in [2.05, 4.69) is 105 Å². The maximum atomic E-state index is 6.14. The molecular formula is C60H66N6O6. The van der Waals surface area contributed by atoms with Gasteiger partial charge < -0.3 is 59.4 Å². The number of ether oxygens (including phenoxy) is 3. The Morgan fingerprint density at radius 2 is 0.611 bits per heavy atom. The van der Waals surface area contributed by atoms with E-state index in [1.807, 2.05) is 54.6 Å². The number of hydrogen-bond donors (Lipinski definition) is 6. The fourth-order valence-electron chi connectivity index (χ4n) is 9.81. The summed E-state index contributed by atoms with van der Waals surface area (Å²) in [5.74, 6) is 2.47. The maximum Gasteiger partial charge on any atom is 0.142 e. The molecule has 0 fully saturated rings. The molecule has 3 aromatic heterocycles. The van der Waals surface area contributed by atoms with E-state index in [9.17, 15) is 0 Å². The summed E-state index contributed by atoms with van der Waals surface area (Å²) in [6, 6.07) is 43.8. The number of hydrogen-bond acceptors (Lipinski definition) is 12. The average Bonchev–Trinajstić information content (AvgIpc) is 4.09. The average molecular weight is 967 g/mol. The standard InChI is InChI=1S/C60H66N6O6/c1-67-58-31-46-43-16-4-7-19-52(43)70-55(46)34-49(58)64-25-13-10-22-61-37-40-28-41(38-62-23-11-14-26-65-50-35-56-47(32-59(50)68-2)44-17-5-8-20-53(44)71-56)30-42(29-40)39-63-24-12-15-27-66-51-36-57-48(33-60(51)69-3)45-18-6-9-21-54(45)72-57/h4-9,16-21,28-36,61-66H,10-15,22-27,37-39H2,1-3H3. The number of para-hydroxylation sites is 3. The normalized spacial score (nSPS) is 11.7. The Labute approximate surface area is 420 Å². The number of benzene rings is 7. The Hall–Kier alpha value is -7.38. The van der Waals surface area contributed by atoms with Crippen LogP contribution in [-0.2, 0) is 19.6 Å². The van der Waals surface area contributed by atoms with Crippen LogP contribution in [0, 0.1) is 0 Å². The van der Waals surface area contributed by atoms with Crippen molar-refractivity contribution in [3.63, 3.8) is 0 Å². The molecule has 0 spiro atoms.